The Morgan fingerprint density at radius 1 is 1.24 bits per heavy atom. The van der Waals surface area contributed by atoms with E-state index < -0.39 is 18.0 Å². The molecule has 0 saturated heterocycles. The Balaban J connectivity index is 3.03. The van der Waals surface area contributed by atoms with Crippen LogP contribution < -0.4 is 0 Å². The largest absolute Gasteiger partial charge is 0.492 e. The van der Waals surface area contributed by atoms with Gasteiger partial charge in [0.1, 0.15) is 6.10 Å². The highest BCUT2D eigenvalue weighted by Gasteiger charge is 2.30. The van der Waals surface area contributed by atoms with Gasteiger partial charge < -0.3 is 14.2 Å². The molecular weight excluding hydrogens is 224 g/mol. The van der Waals surface area contributed by atoms with Crippen LogP contribution in [0.1, 0.15) is 13.8 Å². The maximum absolute atomic E-state index is 11.6. The molecule has 1 rings (SSSR count). The van der Waals surface area contributed by atoms with Crippen LogP contribution in [0.15, 0.2) is 23.5 Å². The van der Waals surface area contributed by atoms with Crippen LogP contribution in [0.2, 0.25) is 0 Å². The number of hydrogen-bond donors (Lipinski definition) is 0. The second-order valence-electron chi connectivity index (χ2n) is 3.96. The fourth-order valence-corrected chi connectivity index (χ4v) is 1.54. The van der Waals surface area contributed by atoms with Gasteiger partial charge in [-0.25, -0.2) is 9.59 Å². The zero-order valence-electron chi connectivity index (χ0n) is 10.4. The highest BCUT2D eigenvalue weighted by atomic mass is 16.5. The molecule has 1 atom stereocenters. The van der Waals surface area contributed by atoms with Crippen molar-refractivity contribution in [2.75, 3.05) is 14.2 Å². The number of esters is 2. The molecule has 5 nitrogen and oxygen atoms in total. The third-order valence-electron chi connectivity index (χ3n) is 2.41. The second-order valence-corrected chi connectivity index (χ2v) is 3.96. The maximum atomic E-state index is 11.6. The van der Waals surface area contributed by atoms with Crippen LogP contribution in [0.4, 0.5) is 0 Å². The lowest BCUT2D eigenvalue weighted by Crippen LogP contribution is -2.29. The number of hydrogen-bond acceptors (Lipinski definition) is 5. The standard InChI is InChI=1S/C12H16O5/c1-7(2)10-9(12(14)16-4)5-8(6-17-10)11(13)15-3/h5-7,10H,1-4H3. The van der Waals surface area contributed by atoms with Crippen molar-refractivity contribution in [3.63, 3.8) is 0 Å². The molecule has 0 radical (unpaired) electrons. The Morgan fingerprint density at radius 2 is 1.82 bits per heavy atom. The molecule has 1 unspecified atom stereocenters. The second kappa shape index (κ2) is 5.52. The van der Waals surface area contributed by atoms with Crippen LogP contribution in [0.25, 0.3) is 0 Å². The number of ether oxygens (including phenoxy) is 3. The molecule has 0 spiro atoms. The molecular formula is C12H16O5. The van der Waals surface area contributed by atoms with Gasteiger partial charge in [-0.1, -0.05) is 13.8 Å². The molecule has 0 amide bonds. The predicted molar refractivity (Wildman–Crippen MR) is 59.9 cm³/mol. The Bertz CT molecular complexity index is 378. The van der Waals surface area contributed by atoms with Gasteiger partial charge in [-0.15, -0.1) is 0 Å². The molecule has 0 bridgehead atoms. The lowest BCUT2D eigenvalue weighted by atomic mass is 9.95. The Morgan fingerprint density at radius 3 is 2.29 bits per heavy atom. The summed E-state index contributed by atoms with van der Waals surface area (Å²) in [7, 11) is 2.56. The van der Waals surface area contributed by atoms with E-state index >= 15 is 0 Å². The molecule has 0 saturated carbocycles. The van der Waals surface area contributed by atoms with Crippen molar-refractivity contribution in [3.8, 4) is 0 Å². The minimum Gasteiger partial charge on any atom is -0.492 e. The first-order chi connectivity index (χ1) is 8.01. The number of carbonyl (C=O) groups excluding carboxylic acids is 2. The highest BCUT2D eigenvalue weighted by Crippen LogP contribution is 2.24. The summed E-state index contributed by atoms with van der Waals surface area (Å²) in [5.41, 5.74) is 0.523. The van der Waals surface area contributed by atoms with Gasteiger partial charge in [-0.3, -0.25) is 0 Å². The average Bonchev–Trinajstić information content (AvgIpc) is 2.35. The quantitative estimate of drug-likeness (QED) is 0.693. The summed E-state index contributed by atoms with van der Waals surface area (Å²) in [4.78, 5) is 22.9. The van der Waals surface area contributed by atoms with Crippen molar-refractivity contribution in [2.45, 2.75) is 20.0 Å². The van der Waals surface area contributed by atoms with Gasteiger partial charge in [0.15, 0.2) is 0 Å². The third kappa shape index (κ3) is 2.87. The number of methoxy groups -OCH3 is 2. The Labute approximate surface area is 100 Å². The average molecular weight is 240 g/mol. The summed E-state index contributed by atoms with van der Waals surface area (Å²) in [5.74, 6) is -0.956. The van der Waals surface area contributed by atoms with E-state index in [1.807, 2.05) is 13.8 Å². The summed E-state index contributed by atoms with van der Waals surface area (Å²) in [6.07, 6.45) is 2.35. The molecule has 1 aliphatic heterocycles. The number of rotatable bonds is 3. The monoisotopic (exact) mass is 240 g/mol. The molecule has 5 heteroatoms. The van der Waals surface area contributed by atoms with E-state index in [9.17, 15) is 9.59 Å². The molecule has 1 aliphatic rings. The summed E-state index contributed by atoms with van der Waals surface area (Å²) in [6.45, 7) is 3.83. The van der Waals surface area contributed by atoms with Crippen molar-refractivity contribution in [2.24, 2.45) is 5.92 Å². The molecule has 0 N–H and O–H groups in total. The van der Waals surface area contributed by atoms with E-state index in [2.05, 4.69) is 9.47 Å². The fourth-order valence-electron chi connectivity index (χ4n) is 1.54. The molecule has 17 heavy (non-hydrogen) atoms. The van der Waals surface area contributed by atoms with Gasteiger partial charge in [0.25, 0.3) is 0 Å². The van der Waals surface area contributed by atoms with Gasteiger partial charge in [0.2, 0.25) is 0 Å². The molecule has 1 heterocycles. The van der Waals surface area contributed by atoms with Crippen molar-refractivity contribution in [1.29, 1.82) is 0 Å². The van der Waals surface area contributed by atoms with Gasteiger partial charge in [-0.2, -0.15) is 0 Å². The van der Waals surface area contributed by atoms with Gasteiger partial charge in [0, 0.05) is 0 Å². The number of carbonyl (C=O) groups is 2. The van der Waals surface area contributed by atoms with E-state index in [0.717, 1.165) is 0 Å². The maximum Gasteiger partial charge on any atom is 0.341 e. The molecule has 0 fully saturated rings. The zero-order valence-corrected chi connectivity index (χ0v) is 10.4. The molecule has 0 aliphatic carbocycles. The van der Waals surface area contributed by atoms with Crippen LogP contribution in [0.5, 0.6) is 0 Å². The van der Waals surface area contributed by atoms with Crippen LogP contribution in [0.3, 0.4) is 0 Å². The Kier molecular flexibility index (Phi) is 4.31. The van der Waals surface area contributed by atoms with Crippen LogP contribution in [-0.2, 0) is 23.8 Å². The van der Waals surface area contributed by atoms with E-state index in [0.29, 0.717) is 5.57 Å². The van der Waals surface area contributed by atoms with Crippen LogP contribution in [-0.4, -0.2) is 32.3 Å². The Hall–Kier alpha value is -1.78. The predicted octanol–water partition coefficient (Wildman–Crippen LogP) is 1.20. The first-order valence-corrected chi connectivity index (χ1v) is 5.25. The molecule has 94 valence electrons. The minimum absolute atomic E-state index is 0.0933. The first kappa shape index (κ1) is 13.3. The summed E-state index contributed by atoms with van der Waals surface area (Å²) < 4.78 is 14.6. The SMILES string of the molecule is COC(=O)C1=COC(C(C)C)C(C(=O)OC)=C1. The molecule has 0 aromatic rings. The van der Waals surface area contributed by atoms with E-state index in [1.165, 1.54) is 26.6 Å². The zero-order chi connectivity index (χ0) is 13.0. The van der Waals surface area contributed by atoms with Gasteiger partial charge in [0.05, 0.1) is 31.6 Å². The summed E-state index contributed by atoms with van der Waals surface area (Å²) in [6, 6.07) is 0. The van der Waals surface area contributed by atoms with E-state index in [4.69, 9.17) is 4.74 Å². The van der Waals surface area contributed by atoms with Crippen molar-refractivity contribution < 1.29 is 23.8 Å². The topological polar surface area (TPSA) is 61.8 Å². The normalized spacial score (nSPS) is 19.0. The lowest BCUT2D eigenvalue weighted by molar-refractivity contribution is -0.137. The van der Waals surface area contributed by atoms with Gasteiger partial charge in [-0.05, 0) is 12.0 Å². The lowest BCUT2D eigenvalue weighted by Gasteiger charge is -2.25. The van der Waals surface area contributed by atoms with Crippen LogP contribution >= 0.6 is 0 Å². The molecule has 0 aromatic heterocycles. The summed E-state index contributed by atoms with van der Waals surface area (Å²) >= 11 is 0. The first-order valence-electron chi connectivity index (χ1n) is 5.25. The van der Waals surface area contributed by atoms with Crippen LogP contribution in [0, 0.1) is 5.92 Å². The van der Waals surface area contributed by atoms with Crippen molar-refractivity contribution >= 4 is 11.9 Å². The van der Waals surface area contributed by atoms with E-state index in [-0.39, 0.29) is 11.5 Å². The summed E-state index contributed by atoms with van der Waals surface area (Å²) in [5, 5.41) is 0. The van der Waals surface area contributed by atoms with Gasteiger partial charge >= 0.3 is 11.9 Å². The van der Waals surface area contributed by atoms with E-state index in [1.54, 1.807) is 0 Å². The third-order valence-corrected chi connectivity index (χ3v) is 2.41. The highest BCUT2D eigenvalue weighted by molar-refractivity contribution is 5.97. The minimum atomic E-state index is -0.548. The smallest absolute Gasteiger partial charge is 0.341 e. The fraction of sp³-hybridized carbons (Fsp3) is 0.500. The van der Waals surface area contributed by atoms with Crippen molar-refractivity contribution in [1.82, 2.24) is 0 Å². The molecule has 0 aromatic carbocycles. The van der Waals surface area contributed by atoms with Crippen molar-refractivity contribution in [3.05, 3.63) is 23.5 Å².